The van der Waals surface area contributed by atoms with E-state index in [0.29, 0.717) is 17.8 Å². The predicted octanol–water partition coefficient (Wildman–Crippen LogP) is 3.98. The molecule has 108 valence electrons. The summed E-state index contributed by atoms with van der Waals surface area (Å²) in [4.78, 5) is 0. The van der Waals surface area contributed by atoms with Gasteiger partial charge < -0.3 is 14.3 Å². The molecular weight excluding hydrogens is 252 g/mol. The van der Waals surface area contributed by atoms with Crippen LogP contribution in [0.15, 0.2) is 28.7 Å². The van der Waals surface area contributed by atoms with Crippen molar-refractivity contribution in [2.45, 2.75) is 45.3 Å². The van der Waals surface area contributed by atoms with Crippen molar-refractivity contribution in [3.8, 4) is 0 Å². The smallest absolute Gasteiger partial charge is 0.134 e. The molecule has 20 heavy (non-hydrogen) atoms. The van der Waals surface area contributed by atoms with Crippen LogP contribution in [-0.2, 0) is 4.74 Å². The lowest BCUT2D eigenvalue weighted by Crippen LogP contribution is -2.32. The number of aryl methyl sites for hydroxylation is 1. The van der Waals surface area contributed by atoms with Crippen molar-refractivity contribution in [3.63, 3.8) is 0 Å². The molecule has 0 aliphatic heterocycles. The Morgan fingerprint density at radius 2 is 2.15 bits per heavy atom. The average molecular weight is 274 g/mol. The molecule has 1 aromatic carbocycles. The zero-order valence-corrected chi connectivity index (χ0v) is 12.1. The van der Waals surface area contributed by atoms with Crippen molar-refractivity contribution in [2.75, 3.05) is 6.61 Å². The first-order chi connectivity index (χ1) is 9.65. The second-order valence-corrected chi connectivity index (χ2v) is 5.86. The fourth-order valence-electron chi connectivity index (χ4n) is 3.02. The zero-order valence-electron chi connectivity index (χ0n) is 12.1. The highest BCUT2D eigenvalue weighted by Gasteiger charge is 2.32. The van der Waals surface area contributed by atoms with E-state index < -0.39 is 6.10 Å². The fraction of sp³-hybridized carbons (Fsp3) is 0.529. The Bertz CT molecular complexity index is 581. The van der Waals surface area contributed by atoms with Gasteiger partial charge in [0.2, 0.25) is 0 Å². The molecule has 1 heterocycles. The standard InChI is InChI=1S/C17H22O3/c1-3-19-14-7-12(8-14)9-15(18)17-10-13-6-11(2)4-5-16(13)20-17/h4-6,10,12,14-15,18H,3,7-9H2,1-2H3. The highest BCUT2D eigenvalue weighted by atomic mass is 16.5. The number of benzene rings is 1. The third-order valence-electron chi connectivity index (χ3n) is 4.17. The van der Waals surface area contributed by atoms with Crippen LogP contribution in [0.25, 0.3) is 11.0 Å². The molecule has 1 aromatic heterocycles. The third-order valence-corrected chi connectivity index (χ3v) is 4.17. The molecule has 0 bridgehead atoms. The molecule has 3 nitrogen and oxygen atoms in total. The Morgan fingerprint density at radius 1 is 1.35 bits per heavy atom. The molecule has 0 radical (unpaired) electrons. The van der Waals surface area contributed by atoms with Gasteiger partial charge in [0.1, 0.15) is 17.4 Å². The number of aliphatic hydroxyl groups excluding tert-OH is 1. The molecule has 1 aliphatic carbocycles. The average Bonchev–Trinajstić information content (AvgIpc) is 2.79. The van der Waals surface area contributed by atoms with E-state index in [1.807, 2.05) is 25.1 Å². The van der Waals surface area contributed by atoms with Crippen LogP contribution in [0.4, 0.5) is 0 Å². The van der Waals surface area contributed by atoms with Gasteiger partial charge in [0, 0.05) is 12.0 Å². The van der Waals surface area contributed by atoms with Crippen LogP contribution in [-0.4, -0.2) is 17.8 Å². The van der Waals surface area contributed by atoms with Gasteiger partial charge in [-0.15, -0.1) is 0 Å². The van der Waals surface area contributed by atoms with E-state index in [9.17, 15) is 5.11 Å². The maximum atomic E-state index is 10.3. The van der Waals surface area contributed by atoms with Gasteiger partial charge in [-0.2, -0.15) is 0 Å². The molecule has 1 atom stereocenters. The van der Waals surface area contributed by atoms with E-state index >= 15 is 0 Å². The lowest BCUT2D eigenvalue weighted by Gasteiger charge is -2.35. The summed E-state index contributed by atoms with van der Waals surface area (Å²) in [6, 6.07) is 8.05. The summed E-state index contributed by atoms with van der Waals surface area (Å²) in [5.41, 5.74) is 2.06. The molecule has 0 amide bonds. The van der Waals surface area contributed by atoms with E-state index in [4.69, 9.17) is 9.15 Å². The lowest BCUT2D eigenvalue weighted by atomic mass is 9.78. The quantitative estimate of drug-likeness (QED) is 0.896. The Balaban J connectivity index is 1.63. The maximum absolute atomic E-state index is 10.3. The Labute approximate surface area is 119 Å². The van der Waals surface area contributed by atoms with E-state index in [2.05, 4.69) is 13.0 Å². The van der Waals surface area contributed by atoms with Crippen LogP contribution in [0.1, 0.15) is 43.6 Å². The van der Waals surface area contributed by atoms with Gasteiger partial charge in [0.25, 0.3) is 0 Å². The predicted molar refractivity (Wildman–Crippen MR) is 78.7 cm³/mol. The Morgan fingerprint density at radius 3 is 2.90 bits per heavy atom. The zero-order chi connectivity index (χ0) is 14.1. The van der Waals surface area contributed by atoms with Crippen LogP contribution < -0.4 is 0 Å². The number of furan rings is 1. The normalized spacial score (nSPS) is 23.8. The minimum Gasteiger partial charge on any atom is -0.458 e. The fourth-order valence-corrected chi connectivity index (χ4v) is 3.02. The second-order valence-electron chi connectivity index (χ2n) is 5.86. The van der Waals surface area contributed by atoms with Crippen molar-refractivity contribution in [1.82, 2.24) is 0 Å². The van der Waals surface area contributed by atoms with Crippen molar-refractivity contribution >= 4 is 11.0 Å². The maximum Gasteiger partial charge on any atom is 0.134 e. The van der Waals surface area contributed by atoms with Gasteiger partial charge in [-0.3, -0.25) is 0 Å². The molecule has 2 aromatic rings. The van der Waals surface area contributed by atoms with Gasteiger partial charge in [-0.1, -0.05) is 11.6 Å². The van der Waals surface area contributed by atoms with Gasteiger partial charge in [0.05, 0.1) is 6.10 Å². The van der Waals surface area contributed by atoms with Crippen LogP contribution >= 0.6 is 0 Å². The molecule has 0 saturated heterocycles. The van der Waals surface area contributed by atoms with E-state index in [1.54, 1.807) is 0 Å². The summed E-state index contributed by atoms with van der Waals surface area (Å²) in [6.45, 7) is 4.87. The number of hydrogen-bond acceptors (Lipinski definition) is 3. The minimum atomic E-state index is -0.504. The SMILES string of the molecule is CCOC1CC(CC(O)c2cc3cc(C)ccc3o2)C1. The van der Waals surface area contributed by atoms with Crippen molar-refractivity contribution < 1.29 is 14.3 Å². The van der Waals surface area contributed by atoms with Gasteiger partial charge >= 0.3 is 0 Å². The number of fused-ring (bicyclic) bond motifs is 1. The van der Waals surface area contributed by atoms with Crippen LogP contribution in [0.3, 0.4) is 0 Å². The number of ether oxygens (including phenoxy) is 1. The second kappa shape index (κ2) is 5.58. The molecule has 3 heteroatoms. The largest absolute Gasteiger partial charge is 0.458 e. The summed E-state index contributed by atoms with van der Waals surface area (Å²) >= 11 is 0. The van der Waals surface area contributed by atoms with Gasteiger partial charge in [0.15, 0.2) is 0 Å². The lowest BCUT2D eigenvalue weighted by molar-refractivity contribution is -0.0396. The molecular formula is C17H22O3. The Hall–Kier alpha value is -1.32. The molecule has 1 N–H and O–H groups in total. The molecule has 1 aliphatic rings. The first-order valence-electron chi connectivity index (χ1n) is 7.45. The highest BCUT2D eigenvalue weighted by molar-refractivity contribution is 5.78. The molecule has 1 unspecified atom stereocenters. The van der Waals surface area contributed by atoms with E-state index in [-0.39, 0.29) is 0 Å². The van der Waals surface area contributed by atoms with Crippen LogP contribution in [0.2, 0.25) is 0 Å². The summed E-state index contributed by atoms with van der Waals surface area (Å²) in [5, 5.41) is 11.4. The Kier molecular flexibility index (Phi) is 3.81. The van der Waals surface area contributed by atoms with Crippen LogP contribution in [0.5, 0.6) is 0 Å². The third kappa shape index (κ3) is 2.74. The van der Waals surface area contributed by atoms with Crippen molar-refractivity contribution in [1.29, 1.82) is 0 Å². The number of rotatable bonds is 5. The van der Waals surface area contributed by atoms with Crippen LogP contribution in [0, 0.1) is 12.8 Å². The monoisotopic (exact) mass is 274 g/mol. The van der Waals surface area contributed by atoms with Gasteiger partial charge in [-0.05, 0) is 57.2 Å². The highest BCUT2D eigenvalue weighted by Crippen LogP contribution is 2.38. The molecule has 0 spiro atoms. The first kappa shape index (κ1) is 13.7. The summed E-state index contributed by atoms with van der Waals surface area (Å²) in [7, 11) is 0. The summed E-state index contributed by atoms with van der Waals surface area (Å²) in [6.07, 6.45) is 2.78. The summed E-state index contributed by atoms with van der Waals surface area (Å²) in [5.74, 6) is 1.24. The molecule has 1 fully saturated rings. The topological polar surface area (TPSA) is 42.6 Å². The molecule has 3 rings (SSSR count). The van der Waals surface area contributed by atoms with E-state index in [1.165, 1.54) is 5.56 Å². The van der Waals surface area contributed by atoms with Crippen molar-refractivity contribution in [2.24, 2.45) is 5.92 Å². The van der Waals surface area contributed by atoms with Gasteiger partial charge in [-0.25, -0.2) is 0 Å². The number of hydrogen-bond donors (Lipinski definition) is 1. The minimum absolute atomic E-state index is 0.399. The molecule has 1 saturated carbocycles. The van der Waals surface area contributed by atoms with Crippen molar-refractivity contribution in [3.05, 3.63) is 35.6 Å². The first-order valence-corrected chi connectivity index (χ1v) is 7.45. The van der Waals surface area contributed by atoms with E-state index in [0.717, 1.165) is 36.8 Å². The summed E-state index contributed by atoms with van der Waals surface area (Å²) < 4.78 is 11.3. The number of aliphatic hydroxyl groups is 1.